The number of nitrogens with one attached hydrogen (secondary N) is 1. The third kappa shape index (κ3) is 31.4. The van der Waals surface area contributed by atoms with Gasteiger partial charge in [-0.25, -0.2) is 0 Å². The van der Waals surface area contributed by atoms with Crippen molar-refractivity contribution in [3.63, 3.8) is 0 Å². The Balaban J connectivity index is 2.82. The average molecular weight is 914 g/mol. The highest BCUT2D eigenvalue weighted by atomic mass is 16.7. The van der Waals surface area contributed by atoms with Crippen molar-refractivity contribution in [3.05, 3.63) is 85.1 Å². The lowest BCUT2D eigenvalue weighted by Gasteiger charge is -2.41. The molecule has 8 atom stereocenters. The predicted molar refractivity (Wildman–Crippen MR) is 264 cm³/mol. The smallest absolute Gasteiger partial charge is 0.306 e. The molecule has 372 valence electrons. The Bertz CT molecular complexity index is 1370. The average Bonchev–Trinajstić information content (AvgIpc) is 3.30. The number of hydrogen-bond donors (Lipinski definition) is 6. The molecule has 0 aromatic rings. The van der Waals surface area contributed by atoms with Gasteiger partial charge in [0, 0.05) is 6.42 Å². The highest BCUT2D eigenvalue weighted by Gasteiger charge is 2.47. The maximum atomic E-state index is 13.3. The summed E-state index contributed by atoms with van der Waals surface area (Å²) >= 11 is 0. The van der Waals surface area contributed by atoms with Crippen molar-refractivity contribution in [1.29, 1.82) is 0 Å². The zero-order chi connectivity index (χ0) is 47.6. The zero-order valence-corrected chi connectivity index (χ0v) is 40.6. The van der Waals surface area contributed by atoms with E-state index in [2.05, 4.69) is 50.4 Å². The van der Waals surface area contributed by atoms with Crippen LogP contribution in [0.3, 0.4) is 0 Å². The number of ether oxygens (including phenoxy) is 3. The number of hydrogen-bond acceptors (Lipinski definition) is 10. The largest absolute Gasteiger partial charge is 0.454 e. The molecule has 1 aliphatic heterocycles. The minimum Gasteiger partial charge on any atom is -0.454 e. The molecule has 0 aromatic heterocycles. The Hall–Kier alpha value is -3.16. The summed E-state index contributed by atoms with van der Waals surface area (Å²) < 4.78 is 17.4. The van der Waals surface area contributed by atoms with E-state index in [1.807, 2.05) is 54.7 Å². The first kappa shape index (κ1) is 59.9. The van der Waals surface area contributed by atoms with E-state index in [1.54, 1.807) is 6.08 Å². The van der Waals surface area contributed by atoms with Gasteiger partial charge < -0.3 is 45.1 Å². The number of aliphatic hydroxyl groups excluding tert-OH is 5. The fourth-order valence-electron chi connectivity index (χ4n) is 7.35. The van der Waals surface area contributed by atoms with Crippen molar-refractivity contribution in [2.45, 2.75) is 230 Å². The third-order valence-electron chi connectivity index (χ3n) is 11.4. The van der Waals surface area contributed by atoms with E-state index in [0.717, 1.165) is 96.3 Å². The molecule has 11 heteroatoms. The van der Waals surface area contributed by atoms with E-state index in [-0.39, 0.29) is 19.4 Å². The maximum Gasteiger partial charge on any atom is 0.306 e. The molecular formula is C54H91NO10. The summed E-state index contributed by atoms with van der Waals surface area (Å²) in [4.78, 5) is 26.3. The van der Waals surface area contributed by atoms with Crippen LogP contribution in [0.4, 0.5) is 0 Å². The Labute approximate surface area is 393 Å². The van der Waals surface area contributed by atoms with Crippen molar-refractivity contribution in [1.82, 2.24) is 5.32 Å². The Morgan fingerprint density at radius 2 is 1.11 bits per heavy atom. The topological polar surface area (TPSA) is 175 Å². The van der Waals surface area contributed by atoms with E-state index < -0.39 is 67.4 Å². The fourth-order valence-corrected chi connectivity index (χ4v) is 7.35. The van der Waals surface area contributed by atoms with Gasteiger partial charge in [0.2, 0.25) is 5.91 Å². The van der Waals surface area contributed by atoms with Crippen molar-refractivity contribution in [3.8, 4) is 0 Å². The number of amides is 1. The normalized spacial score (nSPS) is 21.0. The highest BCUT2D eigenvalue weighted by Crippen LogP contribution is 2.26. The minimum atomic E-state index is -1.63. The van der Waals surface area contributed by atoms with Crippen molar-refractivity contribution < 1.29 is 49.3 Å². The first-order chi connectivity index (χ1) is 31.7. The molecule has 1 fully saturated rings. The molecule has 1 amide bonds. The van der Waals surface area contributed by atoms with Crippen LogP contribution < -0.4 is 5.32 Å². The molecular weight excluding hydrogens is 823 g/mol. The lowest BCUT2D eigenvalue weighted by Crippen LogP contribution is -2.61. The molecule has 6 N–H and O–H groups in total. The van der Waals surface area contributed by atoms with Gasteiger partial charge >= 0.3 is 5.97 Å². The number of carbonyl (C=O) groups excluding carboxylic acids is 2. The van der Waals surface area contributed by atoms with E-state index in [9.17, 15) is 35.1 Å². The number of esters is 1. The molecule has 8 unspecified atom stereocenters. The van der Waals surface area contributed by atoms with E-state index in [1.165, 1.54) is 38.5 Å². The van der Waals surface area contributed by atoms with Crippen LogP contribution in [0.5, 0.6) is 0 Å². The van der Waals surface area contributed by atoms with Crippen LogP contribution in [-0.4, -0.2) is 99.6 Å². The van der Waals surface area contributed by atoms with E-state index in [4.69, 9.17) is 14.2 Å². The highest BCUT2D eigenvalue weighted by molar-refractivity contribution is 5.80. The summed E-state index contributed by atoms with van der Waals surface area (Å²) in [6.45, 7) is 5.43. The van der Waals surface area contributed by atoms with Gasteiger partial charge in [-0.05, 0) is 64.2 Å². The quantitative estimate of drug-likeness (QED) is 0.0150. The summed E-state index contributed by atoms with van der Waals surface area (Å²) in [6.07, 6.45) is 42.1. The fraction of sp³-hybridized carbons (Fsp3) is 0.704. The summed E-state index contributed by atoms with van der Waals surface area (Å²) in [7, 11) is 0. The van der Waals surface area contributed by atoms with Crippen LogP contribution in [0.2, 0.25) is 0 Å². The number of aliphatic hydroxyl groups is 5. The summed E-state index contributed by atoms with van der Waals surface area (Å²) in [5.41, 5.74) is 0. The number of allylic oxidation sites excluding steroid dienone is 13. The standard InChI is InChI=1S/C54H91NO10/c1-4-7-10-13-16-19-22-24-27-30-33-36-39-42-49(59)65-52-51(61)50(60)48(43-56)64-54(52)63-44-45(46(57)40-37-34-31-28-25-21-18-15-12-9-6-3)55-53(62)47(58)41-38-35-32-29-26-23-20-17-14-11-8-5-2/h7-8,10-11,13-14,16-17,19-20,22-23,37,40,45-48,50-52,54,56-58,60-61H,4-6,9,12,15,18,21,24-36,38-39,41-44H2,1-3H3,(H,55,62)/b10-7+,11-8+,16-13+,17-14+,22-19-,23-20-,40-37+. The van der Waals surface area contributed by atoms with E-state index in [0.29, 0.717) is 12.8 Å². The van der Waals surface area contributed by atoms with E-state index >= 15 is 0 Å². The SMILES string of the molecule is CC/C=C/C=C/C=C\CCCCCCCC(=O)OC1C(OCC(NC(=O)C(O)CCCCCC\C=C/C=C/C=C/CC)C(O)/C=C/CCCCCCCCCCC)OC(CO)C(O)C1O. The third-order valence-corrected chi connectivity index (χ3v) is 11.4. The molecule has 1 rings (SSSR count). The molecule has 11 nitrogen and oxygen atoms in total. The van der Waals surface area contributed by atoms with Crippen LogP contribution in [0.15, 0.2) is 85.1 Å². The molecule has 0 spiro atoms. The first-order valence-electron chi connectivity index (χ1n) is 25.4. The Kier molecular flexibility index (Phi) is 38.9. The number of unbranched alkanes of at least 4 members (excludes halogenated alkanes) is 18. The molecule has 1 saturated heterocycles. The molecule has 0 radical (unpaired) electrons. The van der Waals surface area contributed by atoms with Crippen molar-refractivity contribution in [2.75, 3.05) is 13.2 Å². The Morgan fingerprint density at radius 1 is 0.615 bits per heavy atom. The second-order valence-electron chi connectivity index (χ2n) is 17.3. The number of rotatable bonds is 40. The molecule has 0 aliphatic carbocycles. The molecule has 1 aliphatic rings. The predicted octanol–water partition coefficient (Wildman–Crippen LogP) is 10.3. The van der Waals surface area contributed by atoms with Crippen molar-refractivity contribution in [2.24, 2.45) is 0 Å². The van der Waals surface area contributed by atoms with Crippen LogP contribution in [0.1, 0.15) is 181 Å². The Morgan fingerprint density at radius 3 is 1.65 bits per heavy atom. The molecule has 0 bridgehead atoms. The van der Waals surface area contributed by atoms with Gasteiger partial charge in [0.15, 0.2) is 12.4 Å². The van der Waals surface area contributed by atoms with Crippen LogP contribution in [0.25, 0.3) is 0 Å². The van der Waals surface area contributed by atoms with Gasteiger partial charge in [-0.2, -0.15) is 0 Å². The van der Waals surface area contributed by atoms with Gasteiger partial charge in [0.25, 0.3) is 0 Å². The number of carbonyl (C=O) groups is 2. The second-order valence-corrected chi connectivity index (χ2v) is 17.3. The van der Waals surface area contributed by atoms with Gasteiger partial charge in [0.05, 0.1) is 25.4 Å². The van der Waals surface area contributed by atoms with Crippen molar-refractivity contribution >= 4 is 11.9 Å². The maximum absolute atomic E-state index is 13.3. The van der Waals surface area contributed by atoms with Crippen LogP contribution in [0, 0.1) is 0 Å². The van der Waals surface area contributed by atoms with Gasteiger partial charge in [-0.15, -0.1) is 0 Å². The molecule has 0 saturated carbocycles. The summed E-state index contributed by atoms with van der Waals surface area (Å²) in [5, 5.41) is 56.5. The minimum absolute atomic E-state index is 0.0936. The first-order valence-corrected chi connectivity index (χ1v) is 25.4. The zero-order valence-electron chi connectivity index (χ0n) is 40.6. The van der Waals surface area contributed by atoms with Crippen LogP contribution >= 0.6 is 0 Å². The van der Waals surface area contributed by atoms with Gasteiger partial charge in [-0.1, -0.05) is 196 Å². The van der Waals surface area contributed by atoms with Gasteiger partial charge in [0.1, 0.15) is 24.4 Å². The second kappa shape index (κ2) is 42.2. The lowest BCUT2D eigenvalue weighted by atomic mass is 9.99. The summed E-state index contributed by atoms with van der Waals surface area (Å²) in [6, 6.07) is -1.04. The molecule has 0 aromatic carbocycles. The molecule has 1 heterocycles. The molecule has 65 heavy (non-hydrogen) atoms. The monoisotopic (exact) mass is 914 g/mol. The summed E-state index contributed by atoms with van der Waals surface area (Å²) in [5.74, 6) is -1.25. The van der Waals surface area contributed by atoms with Gasteiger partial charge in [-0.3, -0.25) is 9.59 Å². The lowest BCUT2D eigenvalue weighted by molar-refractivity contribution is -0.305. The van der Waals surface area contributed by atoms with Crippen LogP contribution in [-0.2, 0) is 23.8 Å².